The summed E-state index contributed by atoms with van der Waals surface area (Å²) in [6, 6.07) is 8.07. The van der Waals surface area contributed by atoms with Gasteiger partial charge in [-0.05, 0) is 26.3 Å². The number of nitrogens with one attached hydrogen (secondary N) is 1. The van der Waals surface area contributed by atoms with Crippen LogP contribution < -0.4 is 5.32 Å². The lowest BCUT2D eigenvalue weighted by atomic mass is 9.85. The number of nitrogens with zero attached hydrogens (tertiary/aromatic N) is 1. The van der Waals surface area contributed by atoms with Gasteiger partial charge in [0.25, 0.3) is 0 Å². The van der Waals surface area contributed by atoms with Crippen molar-refractivity contribution in [2.45, 2.75) is 52.7 Å². The molecule has 1 fully saturated rings. The van der Waals surface area contributed by atoms with E-state index in [0.717, 1.165) is 5.56 Å². The van der Waals surface area contributed by atoms with Crippen LogP contribution in [-0.4, -0.2) is 41.4 Å². The van der Waals surface area contributed by atoms with Gasteiger partial charge in [-0.15, -0.1) is 0 Å². The molecule has 0 spiro atoms. The largest absolute Gasteiger partial charge is 0.466 e. The summed E-state index contributed by atoms with van der Waals surface area (Å²) in [6.07, 6.45) is 0. The summed E-state index contributed by atoms with van der Waals surface area (Å²) in [7, 11) is 0. The number of carbonyl (C=O) groups excluding carboxylic acids is 3. The summed E-state index contributed by atoms with van der Waals surface area (Å²) < 4.78 is 5.28. The van der Waals surface area contributed by atoms with Crippen LogP contribution in [0.25, 0.3) is 0 Å². The molecule has 4 unspecified atom stereocenters. The van der Waals surface area contributed by atoms with Gasteiger partial charge in [-0.3, -0.25) is 14.4 Å². The molecular formula is C20H28N2O4. The van der Waals surface area contributed by atoms with Gasteiger partial charge in [0.15, 0.2) is 0 Å². The second-order valence-corrected chi connectivity index (χ2v) is 7.03. The average Bonchev–Trinajstić information content (AvgIpc) is 2.88. The van der Waals surface area contributed by atoms with E-state index in [1.54, 1.807) is 11.8 Å². The summed E-state index contributed by atoms with van der Waals surface area (Å²) in [5.41, 5.74) is 0.826. The number of hydrogen-bond acceptors (Lipinski definition) is 4. The van der Waals surface area contributed by atoms with Crippen LogP contribution in [0.1, 0.15) is 46.2 Å². The monoisotopic (exact) mass is 360 g/mol. The lowest BCUT2D eigenvalue weighted by molar-refractivity contribution is -0.150. The predicted octanol–water partition coefficient (Wildman–Crippen LogP) is 2.30. The van der Waals surface area contributed by atoms with Crippen molar-refractivity contribution in [1.82, 2.24) is 10.2 Å². The van der Waals surface area contributed by atoms with Crippen molar-refractivity contribution < 1.29 is 19.1 Å². The minimum atomic E-state index is -0.713. The van der Waals surface area contributed by atoms with Crippen molar-refractivity contribution in [2.24, 2.45) is 11.8 Å². The minimum Gasteiger partial charge on any atom is -0.466 e. The molecular weight excluding hydrogens is 332 g/mol. The quantitative estimate of drug-likeness (QED) is 0.818. The van der Waals surface area contributed by atoms with E-state index in [4.69, 9.17) is 4.74 Å². The van der Waals surface area contributed by atoms with E-state index in [9.17, 15) is 14.4 Å². The second-order valence-electron chi connectivity index (χ2n) is 7.03. The zero-order valence-electron chi connectivity index (χ0n) is 16.1. The first-order chi connectivity index (χ1) is 12.3. The molecule has 6 nitrogen and oxygen atoms in total. The maximum atomic E-state index is 12.8. The Morgan fingerprint density at radius 3 is 2.31 bits per heavy atom. The molecule has 0 aliphatic carbocycles. The molecule has 1 saturated heterocycles. The van der Waals surface area contributed by atoms with Gasteiger partial charge < -0.3 is 15.0 Å². The molecule has 0 radical (unpaired) electrons. The summed E-state index contributed by atoms with van der Waals surface area (Å²) in [4.78, 5) is 39.6. The average molecular weight is 360 g/mol. The fourth-order valence-corrected chi connectivity index (χ4v) is 3.81. The van der Waals surface area contributed by atoms with Gasteiger partial charge in [-0.2, -0.15) is 0 Å². The zero-order chi connectivity index (χ0) is 19.4. The second kappa shape index (κ2) is 8.34. The molecule has 142 valence electrons. The van der Waals surface area contributed by atoms with Gasteiger partial charge in [-0.1, -0.05) is 37.3 Å². The molecule has 1 aromatic carbocycles. The topological polar surface area (TPSA) is 75.7 Å². The van der Waals surface area contributed by atoms with Crippen LogP contribution in [0.2, 0.25) is 0 Å². The Balaban J connectivity index is 2.53. The lowest BCUT2D eigenvalue weighted by Crippen LogP contribution is -2.49. The van der Waals surface area contributed by atoms with Crippen LogP contribution in [0.3, 0.4) is 0 Å². The molecule has 0 aromatic heterocycles. The van der Waals surface area contributed by atoms with Gasteiger partial charge in [0.05, 0.1) is 18.6 Å². The van der Waals surface area contributed by atoms with Crippen LogP contribution >= 0.6 is 0 Å². The molecule has 4 atom stereocenters. The Hall–Kier alpha value is -2.37. The van der Waals surface area contributed by atoms with E-state index in [0.29, 0.717) is 0 Å². The Bertz CT molecular complexity index is 659. The first kappa shape index (κ1) is 19.9. The third-order valence-corrected chi connectivity index (χ3v) is 4.77. The Kier molecular flexibility index (Phi) is 6.40. The molecule has 2 rings (SSSR count). The standard InChI is InChI=1S/C20H28N2O4/c1-6-26-20(25)16-13(4)17(19(24)21-12(2)3)22(14(5)23)18(16)15-10-8-7-9-11-15/h7-13,16-18H,6H2,1-5H3,(H,21,24). The smallest absolute Gasteiger partial charge is 0.311 e. The summed E-state index contributed by atoms with van der Waals surface area (Å²) in [5, 5.41) is 2.88. The summed E-state index contributed by atoms with van der Waals surface area (Å²) >= 11 is 0. The van der Waals surface area contributed by atoms with Gasteiger partial charge in [0.1, 0.15) is 6.04 Å². The summed E-state index contributed by atoms with van der Waals surface area (Å²) in [6.45, 7) is 9.02. The van der Waals surface area contributed by atoms with Crippen molar-refractivity contribution in [1.29, 1.82) is 0 Å². The molecule has 1 aromatic rings. The van der Waals surface area contributed by atoms with Crippen LogP contribution in [0.15, 0.2) is 30.3 Å². The van der Waals surface area contributed by atoms with Crippen LogP contribution in [0, 0.1) is 11.8 Å². The van der Waals surface area contributed by atoms with Crippen molar-refractivity contribution in [3.05, 3.63) is 35.9 Å². The molecule has 0 saturated carbocycles. The third kappa shape index (κ3) is 3.89. The van der Waals surface area contributed by atoms with E-state index >= 15 is 0 Å². The third-order valence-electron chi connectivity index (χ3n) is 4.77. The molecule has 1 N–H and O–H groups in total. The number of rotatable bonds is 5. The fraction of sp³-hybridized carbons (Fsp3) is 0.550. The van der Waals surface area contributed by atoms with Gasteiger partial charge in [0.2, 0.25) is 11.8 Å². The normalized spacial score (nSPS) is 25.2. The highest BCUT2D eigenvalue weighted by atomic mass is 16.5. The molecule has 2 amide bonds. The number of amides is 2. The number of carbonyl (C=O) groups is 3. The first-order valence-electron chi connectivity index (χ1n) is 9.10. The number of likely N-dealkylation sites (tertiary alicyclic amines) is 1. The minimum absolute atomic E-state index is 0.0553. The molecule has 1 aliphatic rings. The van der Waals surface area contributed by atoms with Crippen molar-refractivity contribution >= 4 is 17.8 Å². The summed E-state index contributed by atoms with van der Waals surface area (Å²) in [5.74, 6) is -1.80. The maximum Gasteiger partial charge on any atom is 0.311 e. The first-order valence-corrected chi connectivity index (χ1v) is 9.10. The lowest BCUT2D eigenvalue weighted by Gasteiger charge is -2.30. The molecule has 26 heavy (non-hydrogen) atoms. The van der Waals surface area contributed by atoms with Crippen molar-refractivity contribution in [3.63, 3.8) is 0 Å². The van der Waals surface area contributed by atoms with E-state index in [2.05, 4.69) is 5.32 Å². The highest BCUT2D eigenvalue weighted by molar-refractivity contribution is 5.90. The van der Waals surface area contributed by atoms with Gasteiger partial charge in [-0.25, -0.2) is 0 Å². The number of ether oxygens (including phenoxy) is 1. The Labute approximate surface area is 154 Å². The van der Waals surface area contributed by atoms with Crippen molar-refractivity contribution in [3.8, 4) is 0 Å². The Morgan fingerprint density at radius 2 is 1.81 bits per heavy atom. The van der Waals surface area contributed by atoms with E-state index in [1.807, 2.05) is 51.1 Å². The zero-order valence-corrected chi connectivity index (χ0v) is 16.1. The van der Waals surface area contributed by atoms with E-state index in [1.165, 1.54) is 6.92 Å². The molecule has 1 heterocycles. The predicted molar refractivity (Wildman–Crippen MR) is 98.1 cm³/mol. The Morgan fingerprint density at radius 1 is 1.19 bits per heavy atom. The van der Waals surface area contributed by atoms with E-state index < -0.39 is 18.0 Å². The number of esters is 1. The SMILES string of the molecule is CCOC(=O)C1C(C)C(C(=O)NC(C)C)N(C(C)=O)C1c1ccccc1. The number of benzene rings is 1. The van der Waals surface area contributed by atoms with Gasteiger partial charge >= 0.3 is 5.97 Å². The van der Waals surface area contributed by atoms with Crippen LogP contribution in [0.5, 0.6) is 0 Å². The van der Waals surface area contributed by atoms with Crippen LogP contribution in [-0.2, 0) is 19.1 Å². The molecule has 6 heteroatoms. The maximum absolute atomic E-state index is 12.8. The van der Waals surface area contributed by atoms with Crippen molar-refractivity contribution in [2.75, 3.05) is 6.61 Å². The van der Waals surface area contributed by atoms with Crippen LogP contribution in [0.4, 0.5) is 0 Å². The fourth-order valence-electron chi connectivity index (χ4n) is 3.81. The van der Waals surface area contributed by atoms with E-state index in [-0.39, 0.29) is 36.4 Å². The molecule has 0 bridgehead atoms. The highest BCUT2D eigenvalue weighted by Gasteiger charge is 2.55. The highest BCUT2D eigenvalue weighted by Crippen LogP contribution is 2.45. The van der Waals surface area contributed by atoms with Gasteiger partial charge in [0, 0.05) is 18.9 Å². The molecule has 1 aliphatic heterocycles. The number of hydrogen-bond donors (Lipinski definition) is 1.